The average molecular weight is 349 g/mol. The Labute approximate surface area is 155 Å². The van der Waals surface area contributed by atoms with E-state index in [1.165, 1.54) is 25.7 Å². The lowest BCUT2D eigenvalue weighted by molar-refractivity contribution is 0.104. The first-order chi connectivity index (χ1) is 12.7. The second kappa shape index (κ2) is 8.70. The fourth-order valence-electron chi connectivity index (χ4n) is 3.40. The van der Waals surface area contributed by atoms with Gasteiger partial charge in [0.15, 0.2) is 5.78 Å². The number of hydrogen-bond acceptors (Lipinski definition) is 2. The first-order valence-corrected chi connectivity index (χ1v) is 9.51. The number of rotatable bonds is 9. The summed E-state index contributed by atoms with van der Waals surface area (Å²) in [5, 5.41) is 1.03. The van der Waals surface area contributed by atoms with E-state index in [0.29, 0.717) is 5.56 Å². The molecule has 0 aliphatic carbocycles. The highest BCUT2D eigenvalue weighted by Crippen LogP contribution is 2.25. The summed E-state index contributed by atoms with van der Waals surface area (Å²) in [7, 11) is 1.63. The van der Waals surface area contributed by atoms with Crippen LogP contribution in [0.1, 0.15) is 54.9 Å². The van der Waals surface area contributed by atoms with Crippen LogP contribution in [0.15, 0.2) is 54.7 Å². The normalized spacial score (nSPS) is 11.0. The van der Waals surface area contributed by atoms with Gasteiger partial charge in [0.25, 0.3) is 0 Å². The van der Waals surface area contributed by atoms with E-state index in [1.54, 1.807) is 7.11 Å². The summed E-state index contributed by atoms with van der Waals surface area (Å²) in [4.78, 5) is 13.0. The van der Waals surface area contributed by atoms with Crippen LogP contribution in [0.2, 0.25) is 0 Å². The highest BCUT2D eigenvalue weighted by molar-refractivity contribution is 6.16. The van der Waals surface area contributed by atoms with Crippen molar-refractivity contribution in [1.29, 1.82) is 0 Å². The fraction of sp³-hybridized carbons (Fsp3) is 0.348. The summed E-state index contributed by atoms with van der Waals surface area (Å²) in [6.45, 7) is 3.19. The third-order valence-electron chi connectivity index (χ3n) is 4.89. The lowest BCUT2D eigenvalue weighted by atomic mass is 10.0. The Bertz CT molecular complexity index is 862. The van der Waals surface area contributed by atoms with Gasteiger partial charge < -0.3 is 9.30 Å². The molecule has 0 amide bonds. The first-order valence-electron chi connectivity index (χ1n) is 9.51. The summed E-state index contributed by atoms with van der Waals surface area (Å²) >= 11 is 0. The van der Waals surface area contributed by atoms with E-state index in [0.717, 1.165) is 35.2 Å². The molecule has 0 saturated carbocycles. The maximum atomic E-state index is 13.0. The molecule has 0 unspecified atom stereocenters. The van der Waals surface area contributed by atoms with E-state index < -0.39 is 0 Å². The summed E-state index contributed by atoms with van der Waals surface area (Å²) < 4.78 is 7.42. The van der Waals surface area contributed by atoms with Crippen LogP contribution in [0.25, 0.3) is 10.9 Å². The van der Waals surface area contributed by atoms with Gasteiger partial charge in [0.1, 0.15) is 5.75 Å². The second-order valence-electron chi connectivity index (χ2n) is 6.73. The van der Waals surface area contributed by atoms with Crippen molar-refractivity contribution < 1.29 is 9.53 Å². The van der Waals surface area contributed by atoms with Gasteiger partial charge >= 0.3 is 0 Å². The zero-order valence-electron chi connectivity index (χ0n) is 15.7. The van der Waals surface area contributed by atoms with E-state index >= 15 is 0 Å². The van der Waals surface area contributed by atoms with Crippen molar-refractivity contribution in [1.82, 2.24) is 4.57 Å². The molecule has 0 spiro atoms. The number of unbranched alkanes of at least 4 members (excludes halogenated alkanes) is 4. The molecule has 0 saturated heterocycles. The molecule has 0 N–H and O–H groups in total. The number of aryl methyl sites for hydroxylation is 1. The lowest BCUT2D eigenvalue weighted by Crippen LogP contribution is -2.01. The van der Waals surface area contributed by atoms with Crippen molar-refractivity contribution in [2.75, 3.05) is 7.11 Å². The van der Waals surface area contributed by atoms with Crippen LogP contribution >= 0.6 is 0 Å². The predicted molar refractivity (Wildman–Crippen MR) is 107 cm³/mol. The molecular formula is C23H27NO2. The molecule has 3 nitrogen and oxygen atoms in total. The highest BCUT2D eigenvalue weighted by Gasteiger charge is 2.16. The number of ketones is 1. The molecule has 0 atom stereocenters. The molecule has 1 aromatic heterocycles. The fourth-order valence-corrected chi connectivity index (χ4v) is 3.40. The van der Waals surface area contributed by atoms with Crippen LogP contribution in [-0.4, -0.2) is 17.5 Å². The smallest absolute Gasteiger partial charge is 0.195 e. The molecule has 3 heteroatoms. The van der Waals surface area contributed by atoms with E-state index in [9.17, 15) is 4.79 Å². The number of benzene rings is 2. The molecule has 0 bridgehead atoms. The molecular weight excluding hydrogens is 322 g/mol. The summed E-state index contributed by atoms with van der Waals surface area (Å²) in [6, 6.07) is 15.5. The summed E-state index contributed by atoms with van der Waals surface area (Å²) in [5.41, 5.74) is 2.61. The number of ether oxygens (including phenoxy) is 1. The minimum Gasteiger partial charge on any atom is -0.497 e. The minimum absolute atomic E-state index is 0.0635. The summed E-state index contributed by atoms with van der Waals surface area (Å²) in [6.07, 6.45) is 8.25. The Morgan fingerprint density at radius 1 is 0.962 bits per heavy atom. The average Bonchev–Trinajstić information content (AvgIpc) is 3.06. The minimum atomic E-state index is 0.0635. The Balaban J connectivity index is 1.84. The van der Waals surface area contributed by atoms with Crippen molar-refractivity contribution in [2.24, 2.45) is 0 Å². The van der Waals surface area contributed by atoms with Gasteiger partial charge in [-0.1, -0.05) is 50.8 Å². The Morgan fingerprint density at radius 2 is 1.69 bits per heavy atom. The van der Waals surface area contributed by atoms with Crippen LogP contribution in [-0.2, 0) is 6.54 Å². The third-order valence-corrected chi connectivity index (χ3v) is 4.89. The number of carbonyl (C=O) groups excluding carboxylic acids is 1. The van der Waals surface area contributed by atoms with Gasteiger partial charge in [0.2, 0.25) is 0 Å². The van der Waals surface area contributed by atoms with Gasteiger partial charge in [0.05, 0.1) is 7.11 Å². The van der Waals surface area contributed by atoms with Crippen molar-refractivity contribution in [3.8, 4) is 5.75 Å². The molecule has 0 aliphatic heterocycles. The van der Waals surface area contributed by atoms with Gasteiger partial charge in [-0.15, -0.1) is 0 Å². The summed E-state index contributed by atoms with van der Waals surface area (Å²) in [5.74, 6) is 0.824. The van der Waals surface area contributed by atoms with Crippen LogP contribution in [0.3, 0.4) is 0 Å². The van der Waals surface area contributed by atoms with Crippen LogP contribution in [0, 0.1) is 0 Å². The number of carbonyl (C=O) groups is 1. The van der Waals surface area contributed by atoms with Crippen molar-refractivity contribution in [2.45, 2.75) is 45.6 Å². The SMILES string of the molecule is CCCCCCCn1cc(C(=O)c2ccc(OC)cc2)c2ccccc21. The maximum Gasteiger partial charge on any atom is 0.195 e. The quantitative estimate of drug-likeness (QED) is 0.358. The van der Waals surface area contributed by atoms with E-state index in [1.807, 2.05) is 48.7 Å². The van der Waals surface area contributed by atoms with Gasteiger partial charge in [-0.05, 0) is 36.8 Å². The predicted octanol–water partition coefficient (Wildman–Crippen LogP) is 5.85. The zero-order valence-corrected chi connectivity index (χ0v) is 15.7. The highest BCUT2D eigenvalue weighted by atomic mass is 16.5. The van der Waals surface area contributed by atoms with E-state index in [4.69, 9.17) is 4.74 Å². The maximum absolute atomic E-state index is 13.0. The Hall–Kier alpha value is -2.55. The molecule has 3 rings (SSSR count). The largest absolute Gasteiger partial charge is 0.497 e. The Kier molecular flexibility index (Phi) is 6.11. The van der Waals surface area contributed by atoms with Gasteiger partial charge in [-0.2, -0.15) is 0 Å². The second-order valence-corrected chi connectivity index (χ2v) is 6.73. The van der Waals surface area contributed by atoms with Crippen LogP contribution in [0.5, 0.6) is 5.75 Å². The number of para-hydroxylation sites is 1. The molecule has 136 valence electrons. The molecule has 26 heavy (non-hydrogen) atoms. The molecule has 1 heterocycles. The van der Waals surface area contributed by atoms with Crippen molar-refractivity contribution in [3.63, 3.8) is 0 Å². The molecule has 0 aliphatic rings. The topological polar surface area (TPSA) is 31.2 Å². The van der Waals surface area contributed by atoms with Gasteiger partial charge in [-0.3, -0.25) is 4.79 Å². The van der Waals surface area contributed by atoms with Crippen LogP contribution < -0.4 is 4.74 Å². The molecule has 2 aromatic carbocycles. The number of hydrogen-bond donors (Lipinski definition) is 0. The lowest BCUT2D eigenvalue weighted by Gasteiger charge is -2.05. The zero-order chi connectivity index (χ0) is 18.4. The monoisotopic (exact) mass is 349 g/mol. The number of nitrogens with zero attached hydrogens (tertiary/aromatic N) is 1. The van der Waals surface area contributed by atoms with E-state index in [-0.39, 0.29) is 5.78 Å². The van der Waals surface area contributed by atoms with Crippen molar-refractivity contribution >= 4 is 16.7 Å². The number of methoxy groups -OCH3 is 1. The molecule has 3 aromatic rings. The van der Waals surface area contributed by atoms with Crippen LogP contribution in [0.4, 0.5) is 0 Å². The number of aromatic nitrogens is 1. The third kappa shape index (κ3) is 3.98. The Morgan fingerprint density at radius 3 is 2.42 bits per heavy atom. The van der Waals surface area contributed by atoms with E-state index in [2.05, 4.69) is 17.6 Å². The first kappa shape index (κ1) is 18.2. The molecule has 0 fully saturated rings. The standard InChI is InChI=1S/C23H27NO2/c1-3-4-5-6-9-16-24-17-21(20-10-7-8-11-22(20)24)23(25)18-12-14-19(26-2)15-13-18/h7-8,10-15,17H,3-6,9,16H2,1-2H3. The molecule has 0 radical (unpaired) electrons. The van der Waals surface area contributed by atoms with Gasteiger partial charge in [-0.25, -0.2) is 0 Å². The van der Waals surface area contributed by atoms with Gasteiger partial charge in [0, 0.05) is 34.8 Å². The van der Waals surface area contributed by atoms with Crippen molar-refractivity contribution in [3.05, 3.63) is 65.9 Å². The number of fused-ring (bicyclic) bond motifs is 1.